The summed E-state index contributed by atoms with van der Waals surface area (Å²) in [5.74, 6) is 0.00727. The zero-order valence-electron chi connectivity index (χ0n) is 17.9. The van der Waals surface area contributed by atoms with Gasteiger partial charge in [0.1, 0.15) is 11.5 Å². The number of aryl methyl sites for hydroxylation is 1. The second kappa shape index (κ2) is 8.84. The Morgan fingerprint density at radius 3 is 2.38 bits per heavy atom. The van der Waals surface area contributed by atoms with Crippen LogP contribution in [0.2, 0.25) is 0 Å². The van der Waals surface area contributed by atoms with Crippen molar-refractivity contribution in [1.29, 1.82) is 0 Å². The second-order valence-corrected chi connectivity index (χ2v) is 7.40. The molecule has 0 aliphatic heterocycles. The molecule has 4 rings (SSSR count). The molecule has 0 atom stereocenters. The fourth-order valence-electron chi connectivity index (χ4n) is 3.08. The van der Waals surface area contributed by atoms with E-state index in [1.807, 2.05) is 37.2 Å². The normalized spacial score (nSPS) is 10.6. The van der Waals surface area contributed by atoms with Gasteiger partial charge in [0, 0.05) is 44.1 Å². The molecule has 2 aromatic heterocycles. The van der Waals surface area contributed by atoms with E-state index < -0.39 is 0 Å². The third kappa shape index (κ3) is 4.72. The Balaban J connectivity index is 1.44. The number of rotatable bonds is 6. The van der Waals surface area contributed by atoms with Gasteiger partial charge < -0.3 is 15.5 Å². The van der Waals surface area contributed by atoms with Crippen LogP contribution in [0, 0.1) is 5.82 Å². The van der Waals surface area contributed by atoms with E-state index in [1.165, 1.54) is 16.8 Å². The predicted octanol–water partition coefficient (Wildman–Crippen LogP) is 4.08. The molecule has 0 bridgehead atoms. The van der Waals surface area contributed by atoms with Gasteiger partial charge in [-0.3, -0.25) is 9.48 Å². The summed E-state index contributed by atoms with van der Waals surface area (Å²) >= 11 is 0. The number of hydrogen-bond donors (Lipinski definition) is 2. The highest BCUT2D eigenvalue weighted by Crippen LogP contribution is 2.22. The van der Waals surface area contributed by atoms with Crippen LogP contribution in [0.5, 0.6) is 0 Å². The summed E-state index contributed by atoms with van der Waals surface area (Å²) in [6, 6.07) is 16.8. The first kappa shape index (κ1) is 21.0. The standard InChI is InChI=1S/C23H22FN7O/c1-30(2)19-12-22(28-25-14-19)26-17-8-10-18(11-9-17)27-23(32)21-13-20(29-31(21)3)15-4-6-16(24)7-5-15/h4-14H,1-3H3,(H,26,28)(H,27,32). The number of amides is 1. The molecule has 0 unspecified atom stereocenters. The number of aromatic nitrogens is 4. The number of carbonyl (C=O) groups is 1. The summed E-state index contributed by atoms with van der Waals surface area (Å²) in [6.45, 7) is 0. The second-order valence-electron chi connectivity index (χ2n) is 7.40. The highest BCUT2D eigenvalue weighted by Gasteiger charge is 2.15. The third-order valence-corrected chi connectivity index (χ3v) is 4.82. The van der Waals surface area contributed by atoms with Crippen LogP contribution < -0.4 is 15.5 Å². The van der Waals surface area contributed by atoms with Crippen LogP contribution in [-0.4, -0.2) is 40.0 Å². The Morgan fingerprint density at radius 2 is 1.69 bits per heavy atom. The van der Waals surface area contributed by atoms with Crippen molar-refractivity contribution in [3.63, 3.8) is 0 Å². The topological polar surface area (TPSA) is 88.0 Å². The van der Waals surface area contributed by atoms with E-state index in [-0.39, 0.29) is 11.7 Å². The Bertz CT molecular complexity index is 1230. The molecule has 1 amide bonds. The van der Waals surface area contributed by atoms with Crippen molar-refractivity contribution < 1.29 is 9.18 Å². The lowest BCUT2D eigenvalue weighted by Crippen LogP contribution is -2.16. The van der Waals surface area contributed by atoms with Crippen LogP contribution in [0.3, 0.4) is 0 Å². The average Bonchev–Trinajstić information content (AvgIpc) is 3.17. The maximum atomic E-state index is 13.2. The third-order valence-electron chi connectivity index (χ3n) is 4.82. The van der Waals surface area contributed by atoms with E-state index in [9.17, 15) is 9.18 Å². The predicted molar refractivity (Wildman–Crippen MR) is 123 cm³/mol. The van der Waals surface area contributed by atoms with Crippen molar-refractivity contribution in [2.75, 3.05) is 29.6 Å². The van der Waals surface area contributed by atoms with Gasteiger partial charge in [-0.2, -0.15) is 10.2 Å². The molecule has 32 heavy (non-hydrogen) atoms. The Labute approximate surface area is 184 Å². The van der Waals surface area contributed by atoms with Crippen molar-refractivity contribution in [2.45, 2.75) is 0 Å². The van der Waals surface area contributed by atoms with Crippen molar-refractivity contribution in [2.24, 2.45) is 7.05 Å². The monoisotopic (exact) mass is 431 g/mol. The van der Waals surface area contributed by atoms with Crippen LogP contribution in [0.4, 0.5) is 27.3 Å². The minimum Gasteiger partial charge on any atom is -0.376 e. The number of hydrogen-bond acceptors (Lipinski definition) is 6. The number of carbonyl (C=O) groups excluding carboxylic acids is 1. The first-order valence-corrected chi connectivity index (χ1v) is 9.87. The van der Waals surface area contributed by atoms with E-state index in [2.05, 4.69) is 25.9 Å². The first-order valence-electron chi connectivity index (χ1n) is 9.87. The van der Waals surface area contributed by atoms with Crippen molar-refractivity contribution in [3.8, 4) is 11.3 Å². The van der Waals surface area contributed by atoms with Crippen molar-refractivity contribution in [1.82, 2.24) is 20.0 Å². The van der Waals surface area contributed by atoms with Gasteiger partial charge >= 0.3 is 0 Å². The van der Waals surface area contributed by atoms with Gasteiger partial charge in [-0.1, -0.05) is 0 Å². The molecule has 0 radical (unpaired) electrons. The fourth-order valence-corrected chi connectivity index (χ4v) is 3.08. The van der Waals surface area contributed by atoms with E-state index in [0.717, 1.165) is 16.9 Å². The molecule has 0 saturated heterocycles. The first-order chi connectivity index (χ1) is 15.4. The van der Waals surface area contributed by atoms with Gasteiger partial charge in [-0.25, -0.2) is 4.39 Å². The fraction of sp³-hybridized carbons (Fsp3) is 0.130. The zero-order valence-corrected chi connectivity index (χ0v) is 17.9. The summed E-state index contributed by atoms with van der Waals surface area (Å²) in [5, 5.41) is 18.5. The lowest BCUT2D eigenvalue weighted by molar-refractivity contribution is 0.101. The highest BCUT2D eigenvalue weighted by atomic mass is 19.1. The van der Waals surface area contributed by atoms with E-state index >= 15 is 0 Å². The molecule has 9 heteroatoms. The van der Waals surface area contributed by atoms with Gasteiger partial charge in [0.2, 0.25) is 0 Å². The van der Waals surface area contributed by atoms with E-state index in [1.54, 1.807) is 43.6 Å². The molecule has 0 spiro atoms. The smallest absolute Gasteiger partial charge is 0.273 e. The van der Waals surface area contributed by atoms with Crippen LogP contribution >= 0.6 is 0 Å². The molecule has 162 valence electrons. The molecule has 8 nitrogen and oxygen atoms in total. The molecule has 2 heterocycles. The zero-order chi connectivity index (χ0) is 22.7. The maximum absolute atomic E-state index is 13.2. The minimum atomic E-state index is -0.321. The van der Waals surface area contributed by atoms with Gasteiger partial charge in [0.05, 0.1) is 17.6 Å². The molecule has 2 aromatic carbocycles. The molecule has 0 saturated carbocycles. The molecular formula is C23H22FN7O. The molecule has 0 aliphatic rings. The number of nitrogens with zero attached hydrogens (tertiary/aromatic N) is 5. The van der Waals surface area contributed by atoms with Gasteiger partial charge in [-0.15, -0.1) is 5.10 Å². The molecule has 2 N–H and O–H groups in total. The highest BCUT2D eigenvalue weighted by molar-refractivity contribution is 6.03. The Hall–Kier alpha value is -4.27. The summed E-state index contributed by atoms with van der Waals surface area (Å²) in [4.78, 5) is 14.7. The van der Waals surface area contributed by atoms with Gasteiger partial charge in [0.25, 0.3) is 5.91 Å². The van der Waals surface area contributed by atoms with Crippen LogP contribution in [0.15, 0.2) is 66.9 Å². The lowest BCUT2D eigenvalue weighted by atomic mass is 10.1. The van der Waals surface area contributed by atoms with Crippen LogP contribution in [0.1, 0.15) is 10.5 Å². The molecule has 0 aliphatic carbocycles. The van der Waals surface area contributed by atoms with Crippen LogP contribution in [-0.2, 0) is 7.05 Å². The minimum absolute atomic E-state index is 0.293. The van der Waals surface area contributed by atoms with Gasteiger partial charge in [0.15, 0.2) is 5.82 Å². The summed E-state index contributed by atoms with van der Waals surface area (Å²) < 4.78 is 14.7. The van der Waals surface area contributed by atoms with Crippen molar-refractivity contribution in [3.05, 3.63) is 78.4 Å². The number of nitrogens with one attached hydrogen (secondary N) is 2. The largest absolute Gasteiger partial charge is 0.376 e. The molecular weight excluding hydrogens is 409 g/mol. The number of anilines is 4. The SMILES string of the molecule is CN(C)c1cnnc(Nc2ccc(NC(=O)c3cc(-c4ccc(F)cc4)nn3C)cc2)c1. The number of halogens is 1. The number of benzene rings is 2. The summed E-state index contributed by atoms with van der Waals surface area (Å²) in [5.41, 5.74) is 4.10. The quantitative estimate of drug-likeness (QED) is 0.478. The maximum Gasteiger partial charge on any atom is 0.273 e. The van der Waals surface area contributed by atoms with Crippen molar-refractivity contribution >= 4 is 28.8 Å². The van der Waals surface area contributed by atoms with Gasteiger partial charge in [-0.05, 0) is 54.6 Å². The summed E-state index contributed by atoms with van der Waals surface area (Å²) in [6.07, 6.45) is 1.68. The lowest BCUT2D eigenvalue weighted by Gasteiger charge is -2.13. The molecule has 0 fully saturated rings. The Kier molecular flexibility index (Phi) is 5.80. The Morgan fingerprint density at radius 1 is 1.00 bits per heavy atom. The summed E-state index contributed by atoms with van der Waals surface area (Å²) in [7, 11) is 5.56. The van der Waals surface area contributed by atoms with Crippen LogP contribution in [0.25, 0.3) is 11.3 Å². The average molecular weight is 431 g/mol. The van der Waals surface area contributed by atoms with E-state index in [4.69, 9.17) is 0 Å². The molecule has 4 aromatic rings. The van der Waals surface area contributed by atoms with E-state index in [0.29, 0.717) is 22.9 Å².